The third-order valence-corrected chi connectivity index (χ3v) is 5.93. The molecule has 2 unspecified atom stereocenters. The number of fused-ring (bicyclic) bond motifs is 1. The molecular weight excluding hydrogens is 540 g/mol. The molecule has 0 aliphatic carbocycles. The highest BCUT2D eigenvalue weighted by molar-refractivity contribution is 6.11. The van der Waals surface area contributed by atoms with Crippen LogP contribution in [0.4, 0.5) is 10.6 Å². The molecule has 11 heteroatoms. The summed E-state index contributed by atoms with van der Waals surface area (Å²) >= 11 is 0. The van der Waals surface area contributed by atoms with Crippen LogP contribution in [-0.2, 0) is 23.8 Å². The minimum absolute atomic E-state index is 0.00875. The highest BCUT2D eigenvalue weighted by Gasteiger charge is 2.37. The van der Waals surface area contributed by atoms with Gasteiger partial charge in [-0.1, -0.05) is 19.4 Å². The maximum Gasteiger partial charge on any atom is 0.408 e. The second-order valence-corrected chi connectivity index (χ2v) is 12.2. The standard InChI is InChI=1S/C31H46N4O7/c1-10-12-16-40-18-23(33-29(39)42-31(7,8)9)26(37)21(28(38)41-11-2)17-24(36)20-14-13-15-22-25(20)34-27(19(3)32-22)35-30(4,5)6/h13-15,21,23H,10-12,16-18H2,1-9H3,(H,33,39)(H,34,35). The van der Waals surface area contributed by atoms with Gasteiger partial charge in [-0.05, 0) is 73.9 Å². The molecule has 0 saturated heterocycles. The van der Waals surface area contributed by atoms with Gasteiger partial charge in [-0.3, -0.25) is 14.4 Å². The van der Waals surface area contributed by atoms with Crippen molar-refractivity contribution in [1.29, 1.82) is 0 Å². The van der Waals surface area contributed by atoms with Gasteiger partial charge in [0.25, 0.3) is 0 Å². The Labute approximate surface area is 248 Å². The third-order valence-electron chi connectivity index (χ3n) is 5.93. The molecule has 0 bridgehead atoms. The fourth-order valence-corrected chi connectivity index (χ4v) is 4.04. The zero-order valence-electron chi connectivity index (χ0n) is 26.4. The Bertz CT molecular complexity index is 1260. The number of anilines is 1. The molecule has 11 nitrogen and oxygen atoms in total. The monoisotopic (exact) mass is 586 g/mol. The molecule has 42 heavy (non-hydrogen) atoms. The molecule has 1 heterocycles. The molecule has 232 valence electrons. The van der Waals surface area contributed by atoms with Crippen LogP contribution in [0.5, 0.6) is 0 Å². The number of para-hydroxylation sites is 1. The number of aromatic nitrogens is 2. The van der Waals surface area contributed by atoms with Crippen molar-refractivity contribution in [3.8, 4) is 0 Å². The third kappa shape index (κ3) is 10.7. The SMILES string of the molecule is CCCCOCC(NC(=O)OC(C)(C)C)C(=O)C(CC(=O)c1cccc2nc(C)c(NC(C)(C)C)nc12)C(=O)OCC. The number of alkyl carbamates (subject to hydrolysis) is 1. The molecule has 1 aromatic carbocycles. The first kappa shape index (κ1) is 34.6. The molecule has 1 aromatic heterocycles. The first-order valence-corrected chi connectivity index (χ1v) is 14.4. The Morgan fingerprint density at radius 1 is 1.00 bits per heavy atom. The number of nitrogens with zero attached hydrogens (tertiary/aromatic N) is 2. The smallest absolute Gasteiger partial charge is 0.408 e. The molecular formula is C31H46N4O7. The molecule has 0 saturated carbocycles. The van der Waals surface area contributed by atoms with Crippen LogP contribution in [0.1, 0.15) is 90.7 Å². The predicted octanol–water partition coefficient (Wildman–Crippen LogP) is 5.18. The van der Waals surface area contributed by atoms with Crippen LogP contribution in [0.25, 0.3) is 11.0 Å². The Kier molecular flexibility index (Phi) is 12.4. The first-order chi connectivity index (χ1) is 19.6. The quantitative estimate of drug-likeness (QED) is 0.131. The van der Waals surface area contributed by atoms with Gasteiger partial charge >= 0.3 is 12.1 Å². The second kappa shape index (κ2) is 15.0. The van der Waals surface area contributed by atoms with Crippen molar-refractivity contribution in [2.45, 2.75) is 98.8 Å². The highest BCUT2D eigenvalue weighted by Crippen LogP contribution is 2.25. The Morgan fingerprint density at radius 2 is 1.69 bits per heavy atom. The molecule has 0 aliphatic heterocycles. The van der Waals surface area contributed by atoms with E-state index >= 15 is 0 Å². The maximum absolute atomic E-state index is 13.8. The topological polar surface area (TPSA) is 146 Å². The van der Waals surface area contributed by atoms with Gasteiger partial charge in [0.2, 0.25) is 0 Å². The van der Waals surface area contributed by atoms with E-state index in [1.54, 1.807) is 45.9 Å². The second-order valence-electron chi connectivity index (χ2n) is 12.2. The molecule has 0 spiro atoms. The maximum atomic E-state index is 13.8. The van der Waals surface area contributed by atoms with E-state index in [1.165, 1.54) is 0 Å². The summed E-state index contributed by atoms with van der Waals surface area (Å²) in [7, 11) is 0. The molecule has 2 aromatic rings. The number of hydrogen-bond acceptors (Lipinski definition) is 10. The molecule has 0 radical (unpaired) electrons. The number of carbonyl (C=O) groups is 4. The van der Waals surface area contributed by atoms with Gasteiger partial charge in [-0.25, -0.2) is 14.8 Å². The number of hydrogen-bond donors (Lipinski definition) is 2. The lowest BCUT2D eigenvalue weighted by atomic mass is 9.90. The van der Waals surface area contributed by atoms with Gasteiger partial charge in [0.15, 0.2) is 11.6 Å². The van der Waals surface area contributed by atoms with Crippen LogP contribution >= 0.6 is 0 Å². The van der Waals surface area contributed by atoms with E-state index < -0.39 is 47.6 Å². The molecule has 2 rings (SSSR count). The summed E-state index contributed by atoms with van der Waals surface area (Å²) < 4.78 is 16.1. The number of carbonyl (C=O) groups excluding carboxylic acids is 4. The first-order valence-electron chi connectivity index (χ1n) is 14.4. The minimum atomic E-state index is -1.49. The number of ether oxygens (including phenoxy) is 3. The van der Waals surface area contributed by atoms with E-state index in [4.69, 9.17) is 19.2 Å². The van der Waals surface area contributed by atoms with Crippen molar-refractivity contribution in [2.24, 2.45) is 5.92 Å². The summed E-state index contributed by atoms with van der Waals surface area (Å²) in [6.07, 6.45) is 0.294. The summed E-state index contributed by atoms with van der Waals surface area (Å²) in [5, 5.41) is 5.82. The Morgan fingerprint density at radius 3 is 2.29 bits per heavy atom. The molecule has 2 atom stereocenters. The zero-order chi connectivity index (χ0) is 31.7. The summed E-state index contributed by atoms with van der Waals surface area (Å²) in [5.74, 6) is -3.03. The van der Waals surface area contributed by atoms with Crippen LogP contribution < -0.4 is 10.6 Å². The zero-order valence-corrected chi connectivity index (χ0v) is 26.4. The van der Waals surface area contributed by atoms with Crippen molar-refractivity contribution < 1.29 is 33.4 Å². The number of aryl methyl sites for hydroxylation is 1. The van der Waals surface area contributed by atoms with E-state index in [0.29, 0.717) is 29.2 Å². The number of rotatable bonds is 14. The van der Waals surface area contributed by atoms with Crippen molar-refractivity contribution in [3.63, 3.8) is 0 Å². The van der Waals surface area contributed by atoms with E-state index in [-0.39, 0.29) is 24.3 Å². The van der Waals surface area contributed by atoms with Crippen LogP contribution in [0.15, 0.2) is 18.2 Å². The fraction of sp³-hybridized carbons (Fsp3) is 0.613. The fourth-order valence-electron chi connectivity index (χ4n) is 4.04. The number of Topliss-reactive ketones (excluding diaryl/α,β-unsaturated/α-hetero) is 2. The largest absolute Gasteiger partial charge is 0.465 e. The van der Waals surface area contributed by atoms with Gasteiger partial charge < -0.3 is 24.8 Å². The van der Waals surface area contributed by atoms with Crippen molar-refractivity contribution in [1.82, 2.24) is 15.3 Å². The van der Waals surface area contributed by atoms with Gasteiger partial charge in [0, 0.05) is 24.1 Å². The summed E-state index contributed by atoms with van der Waals surface area (Å²) in [5.41, 5.74) is 0.622. The lowest BCUT2D eigenvalue weighted by Crippen LogP contribution is -2.50. The number of ketones is 2. The minimum Gasteiger partial charge on any atom is -0.465 e. The Balaban J connectivity index is 2.44. The Hall–Kier alpha value is -3.60. The summed E-state index contributed by atoms with van der Waals surface area (Å²) in [6.45, 7) is 16.6. The van der Waals surface area contributed by atoms with Gasteiger partial charge in [0.05, 0.1) is 24.4 Å². The van der Waals surface area contributed by atoms with Crippen LogP contribution in [0, 0.1) is 12.8 Å². The van der Waals surface area contributed by atoms with Gasteiger partial charge in [0.1, 0.15) is 28.9 Å². The van der Waals surface area contributed by atoms with E-state index in [1.807, 2.05) is 34.6 Å². The average molecular weight is 587 g/mol. The van der Waals surface area contributed by atoms with Crippen molar-refractivity contribution in [2.75, 3.05) is 25.1 Å². The van der Waals surface area contributed by atoms with Crippen LogP contribution in [0.2, 0.25) is 0 Å². The van der Waals surface area contributed by atoms with Gasteiger partial charge in [-0.2, -0.15) is 0 Å². The van der Waals surface area contributed by atoms with Gasteiger partial charge in [-0.15, -0.1) is 0 Å². The van der Waals surface area contributed by atoms with E-state index in [9.17, 15) is 19.2 Å². The predicted molar refractivity (Wildman–Crippen MR) is 161 cm³/mol. The van der Waals surface area contributed by atoms with Crippen molar-refractivity contribution in [3.05, 3.63) is 29.5 Å². The van der Waals surface area contributed by atoms with E-state index in [0.717, 1.165) is 12.8 Å². The lowest BCUT2D eigenvalue weighted by Gasteiger charge is -2.25. The van der Waals surface area contributed by atoms with E-state index in [2.05, 4.69) is 15.6 Å². The summed E-state index contributed by atoms with van der Waals surface area (Å²) in [6, 6.07) is 3.77. The lowest BCUT2D eigenvalue weighted by molar-refractivity contribution is -0.152. The van der Waals surface area contributed by atoms with Crippen LogP contribution in [0.3, 0.4) is 0 Å². The molecule has 0 fully saturated rings. The number of nitrogens with one attached hydrogen (secondary N) is 2. The molecule has 2 N–H and O–H groups in total. The molecule has 0 aliphatic rings. The average Bonchev–Trinajstić information content (AvgIpc) is 2.86. The summed E-state index contributed by atoms with van der Waals surface area (Å²) in [4.78, 5) is 62.4. The number of amides is 1. The highest BCUT2D eigenvalue weighted by atomic mass is 16.6. The van der Waals surface area contributed by atoms with Crippen LogP contribution in [-0.4, -0.2) is 70.6 Å². The van der Waals surface area contributed by atoms with Crippen molar-refractivity contribution >= 4 is 40.5 Å². The normalized spacial score (nSPS) is 13.3. The molecule has 1 amide bonds. The number of unbranched alkanes of at least 4 members (excludes halogenated alkanes) is 1. The number of benzene rings is 1. The number of esters is 1.